The van der Waals surface area contributed by atoms with Crippen molar-refractivity contribution < 1.29 is 34.0 Å². The molecule has 3 N–H and O–H groups in total. The molecular weight excluding hydrogens is 403 g/mol. The first-order chi connectivity index (χ1) is 13.7. The molecule has 1 aromatic heterocycles. The second kappa shape index (κ2) is 6.81. The van der Waals surface area contributed by atoms with E-state index < -0.39 is 29.4 Å². The van der Waals surface area contributed by atoms with Crippen molar-refractivity contribution in [1.82, 2.24) is 9.88 Å². The van der Waals surface area contributed by atoms with E-state index in [1.807, 2.05) is 0 Å². The Morgan fingerprint density at radius 2 is 2.24 bits per heavy atom. The third-order valence-corrected chi connectivity index (χ3v) is 5.92. The number of thiazole rings is 1. The van der Waals surface area contributed by atoms with E-state index in [0.717, 1.165) is 17.4 Å². The van der Waals surface area contributed by atoms with Gasteiger partial charge in [-0.25, -0.2) is 14.2 Å². The van der Waals surface area contributed by atoms with Gasteiger partial charge in [-0.2, -0.15) is 0 Å². The summed E-state index contributed by atoms with van der Waals surface area (Å²) in [5.41, 5.74) is -1.56. The van der Waals surface area contributed by atoms with Crippen molar-refractivity contribution in [3.63, 3.8) is 0 Å². The molecule has 3 heterocycles. The van der Waals surface area contributed by atoms with Gasteiger partial charge in [-0.05, 0) is 6.07 Å². The Kier molecular flexibility index (Phi) is 4.53. The second-order valence-electron chi connectivity index (χ2n) is 6.78. The van der Waals surface area contributed by atoms with E-state index in [-0.39, 0.29) is 45.5 Å². The number of rotatable bonds is 1. The number of aliphatic hydroxyl groups is 2. The predicted molar refractivity (Wildman–Crippen MR) is 99.0 cm³/mol. The van der Waals surface area contributed by atoms with E-state index in [9.17, 15) is 29.3 Å². The summed E-state index contributed by atoms with van der Waals surface area (Å²) in [6, 6.07) is 2.37. The van der Waals surface area contributed by atoms with E-state index in [4.69, 9.17) is 4.74 Å². The topological polar surface area (TPSA) is 120 Å². The smallest absolute Gasteiger partial charge is 0.365 e. The highest BCUT2D eigenvalue weighted by Gasteiger charge is 2.42. The van der Waals surface area contributed by atoms with Gasteiger partial charge in [-0.3, -0.25) is 4.79 Å². The molecule has 8 nitrogen and oxygen atoms in total. The van der Waals surface area contributed by atoms with Gasteiger partial charge in [0.05, 0.1) is 16.1 Å². The molecule has 0 radical (unpaired) electrons. The number of carboxylic acids is 1. The van der Waals surface area contributed by atoms with Crippen molar-refractivity contribution in [2.75, 3.05) is 20.2 Å². The molecule has 0 bridgehead atoms. The van der Waals surface area contributed by atoms with Crippen molar-refractivity contribution in [2.45, 2.75) is 18.1 Å². The van der Waals surface area contributed by atoms with Crippen LogP contribution < -0.4 is 4.74 Å². The van der Waals surface area contributed by atoms with Gasteiger partial charge in [0.25, 0.3) is 5.91 Å². The van der Waals surface area contributed by atoms with Crippen LogP contribution in [0.5, 0.6) is 5.75 Å². The average Bonchev–Trinajstić information content (AvgIpc) is 3.20. The number of fused-ring (bicyclic) bond motifs is 3. The Morgan fingerprint density at radius 3 is 2.90 bits per heavy atom. The number of carbonyl (C=O) groups excluding carboxylic acids is 1. The zero-order chi connectivity index (χ0) is 20.9. The number of amides is 1. The fraction of sp³-hybridized carbons (Fsp3) is 0.316. The molecule has 2 aromatic rings. The summed E-state index contributed by atoms with van der Waals surface area (Å²) in [7, 11) is 1.54. The van der Waals surface area contributed by atoms with Gasteiger partial charge in [-0.15, -0.1) is 11.3 Å². The molecule has 1 aromatic carbocycles. The van der Waals surface area contributed by atoms with Crippen LogP contribution in [0.3, 0.4) is 0 Å². The van der Waals surface area contributed by atoms with Crippen LogP contribution in [0.25, 0.3) is 11.3 Å². The van der Waals surface area contributed by atoms with E-state index in [1.54, 1.807) is 0 Å². The maximum absolute atomic E-state index is 14.6. The number of benzene rings is 1. The summed E-state index contributed by atoms with van der Waals surface area (Å²) in [4.78, 5) is 29.0. The van der Waals surface area contributed by atoms with Gasteiger partial charge in [0.1, 0.15) is 24.3 Å². The Balaban J connectivity index is 1.81. The van der Waals surface area contributed by atoms with Crippen LogP contribution in [0.2, 0.25) is 0 Å². The van der Waals surface area contributed by atoms with Crippen LogP contribution >= 0.6 is 11.3 Å². The lowest BCUT2D eigenvalue weighted by molar-refractivity contribution is -0.137. The van der Waals surface area contributed by atoms with Crippen LogP contribution in [-0.2, 0) is 4.79 Å². The number of carboxylic acid groups (broad SMARTS) is 1. The lowest BCUT2D eigenvalue weighted by atomic mass is 10.0. The summed E-state index contributed by atoms with van der Waals surface area (Å²) >= 11 is 0.812. The van der Waals surface area contributed by atoms with Crippen LogP contribution in [-0.4, -0.2) is 62.9 Å². The average molecular weight is 418 g/mol. The number of aromatic carboxylic acids is 1. The van der Waals surface area contributed by atoms with Gasteiger partial charge < -0.3 is 25.0 Å². The fourth-order valence-electron chi connectivity index (χ4n) is 3.18. The zero-order valence-corrected chi connectivity index (χ0v) is 15.9. The summed E-state index contributed by atoms with van der Waals surface area (Å²) < 4.78 is 20.0. The molecular formula is C19H15FN2O6S. The Morgan fingerprint density at radius 1 is 1.48 bits per heavy atom. The minimum atomic E-state index is -1.89. The molecule has 150 valence electrons. The van der Waals surface area contributed by atoms with Gasteiger partial charge in [-0.1, -0.05) is 11.8 Å². The lowest BCUT2D eigenvalue weighted by Gasteiger charge is -2.13. The minimum Gasteiger partial charge on any atom is -0.490 e. The maximum Gasteiger partial charge on any atom is 0.365 e. The molecule has 2 aliphatic heterocycles. The van der Waals surface area contributed by atoms with Crippen LogP contribution in [0.1, 0.15) is 32.8 Å². The number of aliphatic hydroxyl groups excluding tert-OH is 1. The van der Waals surface area contributed by atoms with E-state index in [2.05, 4.69) is 16.8 Å². The monoisotopic (exact) mass is 418 g/mol. The zero-order valence-electron chi connectivity index (χ0n) is 15.1. The number of hydrogen-bond acceptors (Lipinski definition) is 7. The van der Waals surface area contributed by atoms with Crippen LogP contribution in [0, 0.1) is 17.7 Å². The Bertz CT molecular complexity index is 1100. The predicted octanol–water partition coefficient (Wildman–Crippen LogP) is 1.02. The van der Waals surface area contributed by atoms with E-state index in [0.29, 0.717) is 6.54 Å². The number of halogens is 1. The number of likely N-dealkylation sites (tertiary alicyclic amines) is 1. The molecule has 29 heavy (non-hydrogen) atoms. The third-order valence-electron chi connectivity index (χ3n) is 4.77. The first kappa shape index (κ1) is 19.3. The van der Waals surface area contributed by atoms with Crippen LogP contribution in [0.15, 0.2) is 12.1 Å². The molecule has 0 saturated carbocycles. The highest BCUT2D eigenvalue weighted by atomic mass is 32.1. The van der Waals surface area contributed by atoms with Crippen molar-refractivity contribution in [2.24, 2.45) is 0 Å². The van der Waals surface area contributed by atoms with Gasteiger partial charge in [0.2, 0.25) is 10.6 Å². The molecule has 1 unspecified atom stereocenters. The standard InChI is InChI=1S/C19H15FN2O6S/c1-22-5-4-19(27,18(22)26)3-2-9-6-10-13(7-11(9)20)28-8-12(23)15-14(10)21-16(29-15)17(24)25/h6-7,12,23,27H,4-5,8H2,1H3,(H,24,25)/t12?,19-/m0/s1. The second-order valence-corrected chi connectivity index (χ2v) is 7.81. The molecule has 0 aliphatic carbocycles. The number of likely N-dealkylation sites (N-methyl/N-ethyl adjacent to an activating group) is 1. The minimum absolute atomic E-state index is 0.0866. The van der Waals surface area contributed by atoms with Crippen molar-refractivity contribution in [1.29, 1.82) is 0 Å². The summed E-state index contributed by atoms with van der Waals surface area (Å²) in [6.07, 6.45) is -1.01. The van der Waals surface area contributed by atoms with Gasteiger partial charge in [0.15, 0.2) is 0 Å². The largest absolute Gasteiger partial charge is 0.490 e. The number of ether oxygens (including phenoxy) is 1. The van der Waals surface area contributed by atoms with E-state index in [1.165, 1.54) is 18.0 Å². The summed E-state index contributed by atoms with van der Waals surface area (Å²) in [5.74, 6) is 2.49. The molecule has 0 spiro atoms. The van der Waals surface area contributed by atoms with Crippen molar-refractivity contribution in [3.8, 4) is 28.8 Å². The molecule has 1 fully saturated rings. The summed E-state index contributed by atoms with van der Waals surface area (Å²) in [5, 5.41) is 29.6. The third kappa shape index (κ3) is 3.23. The van der Waals surface area contributed by atoms with Gasteiger partial charge in [0, 0.05) is 31.6 Å². The van der Waals surface area contributed by atoms with E-state index >= 15 is 0 Å². The molecule has 2 aliphatic rings. The quantitative estimate of drug-likeness (QED) is 0.592. The number of aromatic nitrogens is 1. The highest BCUT2D eigenvalue weighted by molar-refractivity contribution is 7.14. The van der Waals surface area contributed by atoms with Crippen molar-refractivity contribution >= 4 is 23.2 Å². The Hall–Kier alpha value is -3.00. The number of carbonyl (C=O) groups is 2. The highest BCUT2D eigenvalue weighted by Crippen LogP contribution is 2.42. The van der Waals surface area contributed by atoms with Gasteiger partial charge >= 0.3 is 5.97 Å². The molecule has 10 heteroatoms. The van der Waals surface area contributed by atoms with Crippen LogP contribution in [0.4, 0.5) is 4.39 Å². The molecule has 1 saturated heterocycles. The molecule has 1 amide bonds. The first-order valence-corrected chi connectivity index (χ1v) is 9.41. The molecule has 2 atom stereocenters. The molecule has 4 rings (SSSR count). The number of hydrogen-bond donors (Lipinski definition) is 3. The number of nitrogens with zero attached hydrogens (tertiary/aromatic N) is 2. The van der Waals surface area contributed by atoms with Crippen molar-refractivity contribution in [3.05, 3.63) is 33.4 Å². The lowest BCUT2D eigenvalue weighted by Crippen LogP contribution is -2.37. The first-order valence-electron chi connectivity index (χ1n) is 8.59. The normalized spacial score (nSPS) is 22.8. The fourth-order valence-corrected chi connectivity index (χ4v) is 4.07. The maximum atomic E-state index is 14.6. The SMILES string of the molecule is CN1CC[C@@](O)(C#Cc2cc3c(cc2F)OCC(O)c2sc(C(=O)O)nc2-3)C1=O. The Labute approximate surface area is 168 Å². The summed E-state index contributed by atoms with van der Waals surface area (Å²) in [6.45, 7) is 0.148.